The Morgan fingerprint density at radius 1 is 1.21 bits per heavy atom. The molecule has 1 amide bonds. The molecule has 7 nitrogen and oxygen atoms in total. The molecule has 2 aromatic rings. The summed E-state index contributed by atoms with van der Waals surface area (Å²) in [5.41, 5.74) is 0.893. The molecule has 0 atom stereocenters. The average Bonchev–Trinajstić information content (AvgIpc) is 3.02. The van der Waals surface area contributed by atoms with Crippen molar-refractivity contribution >= 4 is 15.7 Å². The van der Waals surface area contributed by atoms with Crippen molar-refractivity contribution < 1.29 is 13.2 Å². The lowest BCUT2D eigenvalue weighted by Crippen LogP contribution is -2.61. The largest absolute Gasteiger partial charge is 0.353 e. The molecule has 1 aliphatic heterocycles. The summed E-state index contributed by atoms with van der Waals surface area (Å²) in [5.74, 6) is 0.155. The molecular weight excluding hydrogens is 388 g/mol. The van der Waals surface area contributed by atoms with Crippen LogP contribution in [0.5, 0.6) is 0 Å². The number of sulfone groups is 1. The van der Waals surface area contributed by atoms with E-state index < -0.39 is 15.4 Å². The van der Waals surface area contributed by atoms with E-state index in [0.717, 1.165) is 11.3 Å². The molecule has 1 aromatic heterocycles. The van der Waals surface area contributed by atoms with Gasteiger partial charge >= 0.3 is 0 Å². The molecule has 0 unspecified atom stereocenters. The van der Waals surface area contributed by atoms with Gasteiger partial charge in [-0.05, 0) is 25.3 Å². The number of carbonyl (C=O) groups excluding carboxylic acids is 1. The molecular formula is C21H30N4O3S. The van der Waals surface area contributed by atoms with E-state index in [1.807, 2.05) is 48.7 Å². The minimum Gasteiger partial charge on any atom is -0.353 e. The van der Waals surface area contributed by atoms with Crippen molar-refractivity contribution in [3.05, 3.63) is 47.8 Å². The molecule has 1 aliphatic rings. The number of hydrogen-bond donors (Lipinski definition) is 1. The molecule has 1 saturated heterocycles. The third-order valence-electron chi connectivity index (χ3n) is 5.29. The Balaban J connectivity index is 1.93. The van der Waals surface area contributed by atoms with E-state index in [1.54, 1.807) is 6.20 Å². The Labute approximate surface area is 173 Å². The third-order valence-corrected chi connectivity index (χ3v) is 6.89. The summed E-state index contributed by atoms with van der Waals surface area (Å²) < 4.78 is 28.1. The summed E-state index contributed by atoms with van der Waals surface area (Å²) in [5, 5.41) is 2.99. The van der Waals surface area contributed by atoms with Gasteiger partial charge in [0.15, 0.2) is 0 Å². The van der Waals surface area contributed by atoms with Gasteiger partial charge in [0.2, 0.25) is 20.9 Å². The van der Waals surface area contributed by atoms with Crippen LogP contribution in [0, 0.1) is 5.92 Å². The Kier molecular flexibility index (Phi) is 6.14. The number of carbonyl (C=O) groups is 1. The van der Waals surface area contributed by atoms with Crippen molar-refractivity contribution in [1.29, 1.82) is 0 Å². The molecule has 158 valence electrons. The average molecular weight is 419 g/mol. The van der Waals surface area contributed by atoms with Gasteiger partial charge in [-0.15, -0.1) is 0 Å². The topological polar surface area (TPSA) is 84.3 Å². The number of hydrogen-bond acceptors (Lipinski definition) is 5. The number of benzene rings is 1. The molecule has 2 heterocycles. The monoisotopic (exact) mass is 418 g/mol. The van der Waals surface area contributed by atoms with Crippen LogP contribution in [-0.4, -0.2) is 47.4 Å². The molecule has 8 heteroatoms. The number of amides is 1. The van der Waals surface area contributed by atoms with Gasteiger partial charge < -0.3 is 9.88 Å². The molecule has 0 saturated carbocycles. The minimum atomic E-state index is -3.60. The molecule has 3 rings (SSSR count). The molecule has 0 spiro atoms. The van der Waals surface area contributed by atoms with Crippen LogP contribution in [-0.2, 0) is 33.5 Å². The second-order valence-electron chi connectivity index (χ2n) is 8.52. The second kappa shape index (κ2) is 8.28. The summed E-state index contributed by atoms with van der Waals surface area (Å²) in [6, 6.07) is 9.15. The van der Waals surface area contributed by atoms with Gasteiger partial charge in [-0.3, -0.25) is 9.69 Å². The summed E-state index contributed by atoms with van der Waals surface area (Å²) in [6.45, 7) is 10.2. The fraction of sp³-hybridized carbons (Fsp3) is 0.524. The standard InChI is InChI=1S/C21H30N4O3S/c1-16(2)13-25-18(14-24-11-10-22-19(26)21(24,3)4)12-23-20(25)29(27,28)15-17-8-6-5-7-9-17/h5-9,12,16H,10-11,13-15H2,1-4H3,(H,22,26). The molecule has 1 aromatic carbocycles. The van der Waals surface area contributed by atoms with E-state index >= 15 is 0 Å². The van der Waals surface area contributed by atoms with Crippen LogP contribution < -0.4 is 5.32 Å². The van der Waals surface area contributed by atoms with E-state index in [9.17, 15) is 13.2 Å². The van der Waals surface area contributed by atoms with Gasteiger partial charge in [0.05, 0.1) is 23.2 Å². The predicted molar refractivity (Wildman–Crippen MR) is 112 cm³/mol. The molecule has 0 bridgehead atoms. The maximum Gasteiger partial charge on any atom is 0.240 e. The number of piperazine rings is 1. The lowest BCUT2D eigenvalue weighted by Gasteiger charge is -2.41. The Hall–Kier alpha value is -2.19. The van der Waals surface area contributed by atoms with Crippen LogP contribution in [0.2, 0.25) is 0 Å². The van der Waals surface area contributed by atoms with Crippen molar-refractivity contribution in [2.45, 2.75) is 57.2 Å². The van der Waals surface area contributed by atoms with Crippen molar-refractivity contribution in [2.24, 2.45) is 5.92 Å². The summed E-state index contributed by atoms with van der Waals surface area (Å²) in [6.07, 6.45) is 1.64. The first kappa shape index (κ1) is 21.5. The lowest BCUT2D eigenvalue weighted by atomic mass is 9.99. The smallest absolute Gasteiger partial charge is 0.240 e. The van der Waals surface area contributed by atoms with E-state index in [0.29, 0.717) is 26.2 Å². The first-order chi connectivity index (χ1) is 13.6. The van der Waals surface area contributed by atoms with E-state index in [-0.39, 0.29) is 22.7 Å². The van der Waals surface area contributed by atoms with Gasteiger partial charge in [0, 0.05) is 26.2 Å². The van der Waals surface area contributed by atoms with E-state index in [4.69, 9.17) is 0 Å². The van der Waals surface area contributed by atoms with Crippen LogP contribution in [0.4, 0.5) is 0 Å². The highest BCUT2D eigenvalue weighted by molar-refractivity contribution is 7.90. The van der Waals surface area contributed by atoms with Crippen LogP contribution >= 0.6 is 0 Å². The lowest BCUT2D eigenvalue weighted by molar-refractivity contribution is -0.135. The Morgan fingerprint density at radius 2 is 1.90 bits per heavy atom. The van der Waals surface area contributed by atoms with Crippen LogP contribution in [0.1, 0.15) is 39.0 Å². The highest BCUT2D eigenvalue weighted by atomic mass is 32.2. The fourth-order valence-corrected chi connectivity index (χ4v) is 5.10. The zero-order chi connectivity index (χ0) is 21.2. The molecule has 1 N–H and O–H groups in total. The SMILES string of the molecule is CC(C)Cn1c(CN2CCNC(=O)C2(C)C)cnc1S(=O)(=O)Cc1ccccc1. The number of aromatic nitrogens is 2. The van der Waals surface area contributed by atoms with Gasteiger partial charge in [0.1, 0.15) is 0 Å². The molecule has 0 aliphatic carbocycles. The van der Waals surface area contributed by atoms with Gasteiger partial charge in [-0.25, -0.2) is 13.4 Å². The maximum absolute atomic E-state index is 13.1. The number of rotatable bonds is 7. The normalized spacial score (nSPS) is 17.5. The van der Waals surface area contributed by atoms with Gasteiger partial charge in [-0.2, -0.15) is 0 Å². The number of imidazole rings is 1. The minimum absolute atomic E-state index is 0.0180. The number of nitrogens with one attached hydrogen (secondary N) is 1. The fourth-order valence-electron chi connectivity index (χ4n) is 3.60. The maximum atomic E-state index is 13.1. The van der Waals surface area contributed by atoms with Gasteiger partial charge in [0.25, 0.3) is 0 Å². The zero-order valence-electron chi connectivity index (χ0n) is 17.6. The second-order valence-corrected chi connectivity index (χ2v) is 10.4. The highest BCUT2D eigenvalue weighted by Gasteiger charge is 2.38. The highest BCUT2D eigenvalue weighted by Crippen LogP contribution is 2.24. The van der Waals surface area contributed by atoms with Crippen molar-refractivity contribution in [3.8, 4) is 0 Å². The van der Waals surface area contributed by atoms with Crippen LogP contribution in [0.25, 0.3) is 0 Å². The predicted octanol–water partition coefficient (Wildman–Crippen LogP) is 2.22. The Bertz CT molecular complexity index is 965. The first-order valence-electron chi connectivity index (χ1n) is 9.95. The molecule has 29 heavy (non-hydrogen) atoms. The summed E-state index contributed by atoms with van der Waals surface area (Å²) >= 11 is 0. The molecule has 0 radical (unpaired) electrons. The molecule has 1 fully saturated rings. The summed E-state index contributed by atoms with van der Waals surface area (Å²) in [7, 11) is -3.60. The van der Waals surface area contributed by atoms with E-state index in [1.165, 1.54) is 0 Å². The van der Waals surface area contributed by atoms with Crippen LogP contribution in [0.3, 0.4) is 0 Å². The number of nitrogens with zero attached hydrogens (tertiary/aromatic N) is 3. The summed E-state index contributed by atoms with van der Waals surface area (Å²) in [4.78, 5) is 18.7. The van der Waals surface area contributed by atoms with Crippen molar-refractivity contribution in [1.82, 2.24) is 19.8 Å². The quantitative estimate of drug-likeness (QED) is 0.745. The van der Waals surface area contributed by atoms with Crippen molar-refractivity contribution in [2.75, 3.05) is 13.1 Å². The van der Waals surface area contributed by atoms with E-state index in [2.05, 4.69) is 29.0 Å². The first-order valence-corrected chi connectivity index (χ1v) is 11.6. The van der Waals surface area contributed by atoms with Crippen LogP contribution in [0.15, 0.2) is 41.7 Å². The Morgan fingerprint density at radius 3 is 2.55 bits per heavy atom. The van der Waals surface area contributed by atoms with Crippen molar-refractivity contribution in [3.63, 3.8) is 0 Å². The third kappa shape index (κ3) is 4.70. The van der Waals surface area contributed by atoms with Gasteiger partial charge in [-0.1, -0.05) is 44.2 Å². The zero-order valence-corrected chi connectivity index (χ0v) is 18.4.